The third-order valence-electron chi connectivity index (χ3n) is 5.83. The molecule has 1 aromatic heterocycles. The maximum atomic E-state index is 13.6. The summed E-state index contributed by atoms with van der Waals surface area (Å²) in [6.45, 7) is 2.49. The number of aryl methyl sites for hydroxylation is 1. The van der Waals surface area contributed by atoms with Gasteiger partial charge in [-0.25, -0.2) is 0 Å². The standard InChI is InChI=1S/C26H20BrNO3/c1-2-16-8-10-18(11-9-16)23-22-24(29)20-14-19(27)12-13-21(20)31-25(22)26(30)28(23)15-17-6-4-3-5-7-17/h3-14,23H,2,15H2,1H3. The van der Waals surface area contributed by atoms with Gasteiger partial charge in [0.2, 0.25) is 5.76 Å². The lowest BCUT2D eigenvalue weighted by molar-refractivity contribution is 0.0714. The Morgan fingerprint density at radius 1 is 0.935 bits per heavy atom. The van der Waals surface area contributed by atoms with E-state index in [1.165, 1.54) is 5.56 Å². The van der Waals surface area contributed by atoms with Gasteiger partial charge in [0.25, 0.3) is 5.91 Å². The number of nitrogens with zero attached hydrogens (tertiary/aromatic N) is 1. The van der Waals surface area contributed by atoms with Crippen molar-refractivity contribution >= 4 is 32.8 Å². The minimum atomic E-state index is -0.492. The average Bonchev–Trinajstić information content (AvgIpc) is 3.07. The van der Waals surface area contributed by atoms with Crippen LogP contribution in [0.15, 0.2) is 86.5 Å². The largest absolute Gasteiger partial charge is 0.450 e. The number of fused-ring (bicyclic) bond motifs is 2. The van der Waals surface area contributed by atoms with E-state index in [2.05, 4.69) is 35.0 Å². The second-order valence-corrected chi connectivity index (χ2v) is 8.65. The molecule has 1 aliphatic rings. The van der Waals surface area contributed by atoms with Gasteiger partial charge in [0.05, 0.1) is 17.0 Å². The van der Waals surface area contributed by atoms with Crippen LogP contribution in [-0.4, -0.2) is 10.8 Å². The normalized spacial score (nSPS) is 15.5. The first-order valence-corrected chi connectivity index (χ1v) is 11.1. The SMILES string of the molecule is CCc1ccc(C2c3c(oc4ccc(Br)cc4c3=O)C(=O)N2Cc2ccccc2)cc1. The molecule has 154 valence electrons. The monoisotopic (exact) mass is 473 g/mol. The number of hydrogen-bond donors (Lipinski definition) is 0. The molecule has 3 aromatic carbocycles. The fourth-order valence-corrected chi connectivity index (χ4v) is 4.58. The van der Waals surface area contributed by atoms with E-state index in [0.717, 1.165) is 22.0 Å². The highest BCUT2D eigenvalue weighted by atomic mass is 79.9. The van der Waals surface area contributed by atoms with Crippen molar-refractivity contribution in [3.05, 3.63) is 116 Å². The summed E-state index contributed by atoms with van der Waals surface area (Å²) in [7, 11) is 0. The van der Waals surface area contributed by atoms with Gasteiger partial charge in [-0.05, 0) is 41.3 Å². The first kappa shape index (κ1) is 19.8. The number of carbonyl (C=O) groups excluding carboxylic acids is 1. The molecule has 1 unspecified atom stereocenters. The van der Waals surface area contributed by atoms with Crippen LogP contribution < -0.4 is 5.43 Å². The molecule has 0 saturated carbocycles. The van der Waals surface area contributed by atoms with Crippen LogP contribution in [0.5, 0.6) is 0 Å². The maximum Gasteiger partial charge on any atom is 0.291 e. The summed E-state index contributed by atoms with van der Waals surface area (Å²) < 4.78 is 6.80. The Morgan fingerprint density at radius 2 is 1.68 bits per heavy atom. The van der Waals surface area contributed by atoms with Crippen LogP contribution in [0.1, 0.15) is 45.8 Å². The lowest BCUT2D eigenvalue weighted by Crippen LogP contribution is -2.29. The molecule has 1 aliphatic heterocycles. The van der Waals surface area contributed by atoms with E-state index >= 15 is 0 Å². The van der Waals surface area contributed by atoms with E-state index in [9.17, 15) is 9.59 Å². The molecule has 4 nitrogen and oxygen atoms in total. The Labute approximate surface area is 188 Å². The Hall–Kier alpha value is -3.18. The van der Waals surface area contributed by atoms with Crippen molar-refractivity contribution in [1.29, 1.82) is 0 Å². The molecule has 0 N–H and O–H groups in total. The summed E-state index contributed by atoms with van der Waals surface area (Å²) in [5.41, 5.74) is 3.78. The van der Waals surface area contributed by atoms with Crippen molar-refractivity contribution in [3.8, 4) is 0 Å². The van der Waals surface area contributed by atoms with Crippen molar-refractivity contribution < 1.29 is 9.21 Å². The number of amides is 1. The summed E-state index contributed by atoms with van der Waals surface area (Å²) >= 11 is 3.43. The zero-order chi connectivity index (χ0) is 21.5. The molecule has 0 saturated heterocycles. The van der Waals surface area contributed by atoms with Gasteiger partial charge in [0.15, 0.2) is 5.43 Å². The lowest BCUT2D eigenvalue weighted by atomic mass is 9.97. The fourth-order valence-electron chi connectivity index (χ4n) is 4.22. The van der Waals surface area contributed by atoms with Crippen LogP contribution in [0.25, 0.3) is 11.0 Å². The predicted molar refractivity (Wildman–Crippen MR) is 124 cm³/mol. The number of rotatable bonds is 4. The predicted octanol–water partition coefficient (Wildman–Crippen LogP) is 5.86. The highest BCUT2D eigenvalue weighted by Crippen LogP contribution is 2.39. The minimum Gasteiger partial charge on any atom is -0.450 e. The second kappa shape index (κ2) is 7.82. The molecule has 5 heteroatoms. The quantitative estimate of drug-likeness (QED) is 0.372. The van der Waals surface area contributed by atoms with Crippen LogP contribution >= 0.6 is 15.9 Å². The molecular formula is C26H20BrNO3. The van der Waals surface area contributed by atoms with Gasteiger partial charge in [-0.2, -0.15) is 0 Å². The van der Waals surface area contributed by atoms with Crippen molar-refractivity contribution in [2.45, 2.75) is 25.9 Å². The Bertz CT molecular complexity index is 1340. The number of benzene rings is 3. The summed E-state index contributed by atoms with van der Waals surface area (Å²) in [5.74, 6) is -0.120. The topological polar surface area (TPSA) is 50.5 Å². The molecule has 0 fully saturated rings. The molecule has 0 radical (unpaired) electrons. The Balaban J connectivity index is 1.72. The highest BCUT2D eigenvalue weighted by molar-refractivity contribution is 9.10. The van der Waals surface area contributed by atoms with E-state index in [1.54, 1.807) is 23.1 Å². The molecule has 1 amide bonds. The minimum absolute atomic E-state index is 0.139. The number of halogens is 1. The smallest absolute Gasteiger partial charge is 0.291 e. The molecule has 0 spiro atoms. The summed E-state index contributed by atoms with van der Waals surface area (Å²) in [6.07, 6.45) is 0.926. The molecule has 4 aromatic rings. The third kappa shape index (κ3) is 3.39. The Morgan fingerprint density at radius 3 is 2.39 bits per heavy atom. The first-order chi connectivity index (χ1) is 15.1. The van der Waals surface area contributed by atoms with E-state index < -0.39 is 6.04 Å². The molecule has 31 heavy (non-hydrogen) atoms. The van der Waals surface area contributed by atoms with Gasteiger partial charge in [-0.15, -0.1) is 0 Å². The fraction of sp³-hybridized carbons (Fsp3) is 0.154. The van der Waals surface area contributed by atoms with Gasteiger partial charge in [0, 0.05) is 11.0 Å². The zero-order valence-corrected chi connectivity index (χ0v) is 18.6. The molecular weight excluding hydrogens is 454 g/mol. The van der Waals surface area contributed by atoms with Gasteiger partial charge >= 0.3 is 0 Å². The van der Waals surface area contributed by atoms with Crippen molar-refractivity contribution in [1.82, 2.24) is 4.90 Å². The van der Waals surface area contributed by atoms with E-state index in [-0.39, 0.29) is 17.1 Å². The van der Waals surface area contributed by atoms with Crippen LogP contribution in [0.3, 0.4) is 0 Å². The van der Waals surface area contributed by atoms with Gasteiger partial charge < -0.3 is 9.32 Å². The zero-order valence-electron chi connectivity index (χ0n) is 17.0. The van der Waals surface area contributed by atoms with Crippen LogP contribution in [0, 0.1) is 0 Å². The van der Waals surface area contributed by atoms with Crippen molar-refractivity contribution in [2.75, 3.05) is 0 Å². The van der Waals surface area contributed by atoms with Gasteiger partial charge in [-0.1, -0.05) is 77.5 Å². The van der Waals surface area contributed by atoms with E-state index in [4.69, 9.17) is 4.42 Å². The molecule has 2 heterocycles. The molecule has 0 bridgehead atoms. The second-order valence-electron chi connectivity index (χ2n) is 7.73. The maximum absolute atomic E-state index is 13.6. The average molecular weight is 474 g/mol. The molecule has 0 aliphatic carbocycles. The first-order valence-electron chi connectivity index (χ1n) is 10.3. The number of hydrogen-bond acceptors (Lipinski definition) is 3. The van der Waals surface area contributed by atoms with Crippen LogP contribution in [0.2, 0.25) is 0 Å². The summed E-state index contributed by atoms with van der Waals surface area (Å²) in [4.78, 5) is 28.8. The van der Waals surface area contributed by atoms with Crippen molar-refractivity contribution in [3.63, 3.8) is 0 Å². The van der Waals surface area contributed by atoms with Crippen LogP contribution in [-0.2, 0) is 13.0 Å². The van der Waals surface area contributed by atoms with E-state index in [0.29, 0.717) is 23.1 Å². The third-order valence-corrected chi connectivity index (χ3v) is 6.32. The Kier molecular flexibility index (Phi) is 4.98. The summed E-state index contributed by atoms with van der Waals surface area (Å²) in [6, 6.07) is 22.7. The number of carbonyl (C=O) groups is 1. The molecule has 1 atom stereocenters. The van der Waals surface area contributed by atoms with Crippen LogP contribution in [0.4, 0.5) is 0 Å². The van der Waals surface area contributed by atoms with Gasteiger partial charge in [-0.3, -0.25) is 9.59 Å². The lowest BCUT2D eigenvalue weighted by Gasteiger charge is -2.25. The molecule has 5 rings (SSSR count). The van der Waals surface area contributed by atoms with Crippen molar-refractivity contribution in [2.24, 2.45) is 0 Å². The van der Waals surface area contributed by atoms with E-state index in [1.807, 2.05) is 42.5 Å². The highest BCUT2D eigenvalue weighted by Gasteiger charge is 2.42. The van der Waals surface area contributed by atoms with Gasteiger partial charge in [0.1, 0.15) is 5.58 Å². The summed E-state index contributed by atoms with van der Waals surface area (Å²) in [5, 5.41) is 0.470.